The number of aryl methyl sites for hydroxylation is 1. The Morgan fingerprint density at radius 1 is 1.23 bits per heavy atom. The molecule has 1 aliphatic heterocycles. The highest BCUT2D eigenvalue weighted by Gasteiger charge is 2.41. The minimum Gasteiger partial charge on any atom is -0.480 e. The lowest BCUT2D eigenvalue weighted by Gasteiger charge is -2.28. The van der Waals surface area contributed by atoms with E-state index in [0.717, 1.165) is 18.4 Å². The van der Waals surface area contributed by atoms with E-state index in [9.17, 15) is 19.5 Å². The van der Waals surface area contributed by atoms with Crippen LogP contribution in [0.3, 0.4) is 0 Å². The second-order valence-electron chi connectivity index (χ2n) is 7.95. The first-order valence-corrected chi connectivity index (χ1v) is 10.9. The number of aliphatic carboxylic acids is 1. The van der Waals surface area contributed by atoms with Gasteiger partial charge in [-0.3, -0.25) is 14.9 Å². The van der Waals surface area contributed by atoms with Crippen LogP contribution >= 0.6 is 0 Å². The summed E-state index contributed by atoms with van der Waals surface area (Å²) in [5.74, 6) is -1.45. The molecule has 0 radical (unpaired) electrons. The maximum atomic E-state index is 13.0. The van der Waals surface area contributed by atoms with E-state index in [1.165, 1.54) is 4.90 Å². The summed E-state index contributed by atoms with van der Waals surface area (Å²) in [5, 5.41) is 12.7. The molecule has 0 bridgehead atoms. The van der Waals surface area contributed by atoms with Crippen molar-refractivity contribution in [3.63, 3.8) is 0 Å². The molecule has 1 amide bonds. The van der Waals surface area contributed by atoms with Gasteiger partial charge < -0.3 is 14.7 Å². The van der Waals surface area contributed by atoms with Gasteiger partial charge >= 0.3 is 11.9 Å². The second-order valence-corrected chi connectivity index (χ2v) is 7.95. The van der Waals surface area contributed by atoms with Crippen LogP contribution in [0.4, 0.5) is 0 Å². The van der Waals surface area contributed by atoms with E-state index in [4.69, 9.17) is 4.74 Å². The molecular weight excluding hydrogens is 384 g/mol. The summed E-state index contributed by atoms with van der Waals surface area (Å²) in [6.07, 6.45) is 3.49. The van der Waals surface area contributed by atoms with E-state index in [-0.39, 0.29) is 18.4 Å². The number of amides is 1. The largest absolute Gasteiger partial charge is 0.480 e. The average Bonchev–Trinajstić information content (AvgIpc) is 3.15. The summed E-state index contributed by atoms with van der Waals surface area (Å²) in [4.78, 5) is 38.6. The molecule has 0 aromatic heterocycles. The second kappa shape index (κ2) is 11.7. The monoisotopic (exact) mass is 418 g/mol. The van der Waals surface area contributed by atoms with Gasteiger partial charge in [0, 0.05) is 6.54 Å². The van der Waals surface area contributed by atoms with Gasteiger partial charge in [0.15, 0.2) is 0 Å². The van der Waals surface area contributed by atoms with Crippen molar-refractivity contribution < 1.29 is 24.2 Å². The highest BCUT2D eigenvalue weighted by atomic mass is 16.5. The fourth-order valence-electron chi connectivity index (χ4n) is 4.11. The van der Waals surface area contributed by atoms with Crippen LogP contribution in [0.5, 0.6) is 0 Å². The van der Waals surface area contributed by atoms with Crippen LogP contribution < -0.4 is 5.32 Å². The summed E-state index contributed by atoms with van der Waals surface area (Å²) in [5.41, 5.74) is 1.10. The number of carbonyl (C=O) groups is 3. The Bertz CT molecular complexity index is 709. The number of esters is 1. The molecule has 166 valence electrons. The lowest BCUT2D eigenvalue weighted by Crippen LogP contribution is -2.53. The molecular formula is C23H34N2O5. The van der Waals surface area contributed by atoms with E-state index in [2.05, 4.69) is 12.2 Å². The fourth-order valence-corrected chi connectivity index (χ4v) is 4.11. The van der Waals surface area contributed by atoms with E-state index in [1.807, 2.05) is 30.3 Å². The number of benzene rings is 1. The van der Waals surface area contributed by atoms with E-state index in [0.29, 0.717) is 25.8 Å². The predicted molar refractivity (Wildman–Crippen MR) is 114 cm³/mol. The molecule has 1 heterocycles. The van der Waals surface area contributed by atoms with Crippen molar-refractivity contribution in [2.45, 2.75) is 71.0 Å². The van der Waals surface area contributed by atoms with Gasteiger partial charge in [-0.2, -0.15) is 0 Å². The fraction of sp³-hybridized carbons (Fsp3) is 0.609. The van der Waals surface area contributed by atoms with E-state index < -0.39 is 30.1 Å². The number of nitrogens with one attached hydrogen (secondary N) is 1. The third kappa shape index (κ3) is 6.55. The van der Waals surface area contributed by atoms with Crippen LogP contribution in [0.2, 0.25) is 0 Å². The van der Waals surface area contributed by atoms with Crippen molar-refractivity contribution in [1.29, 1.82) is 0 Å². The van der Waals surface area contributed by atoms with Crippen LogP contribution in [-0.4, -0.2) is 59.1 Å². The molecule has 2 rings (SSSR count). The number of hydrogen-bond acceptors (Lipinski definition) is 5. The van der Waals surface area contributed by atoms with Crippen molar-refractivity contribution >= 4 is 17.8 Å². The van der Waals surface area contributed by atoms with Crippen LogP contribution in [0.1, 0.15) is 52.0 Å². The first-order valence-electron chi connectivity index (χ1n) is 10.9. The third-order valence-corrected chi connectivity index (χ3v) is 5.61. The number of hydrogen-bond donors (Lipinski definition) is 2. The first-order chi connectivity index (χ1) is 14.4. The lowest BCUT2D eigenvalue weighted by atomic mass is 10.0. The zero-order valence-electron chi connectivity index (χ0n) is 18.2. The molecule has 0 unspecified atom stereocenters. The maximum Gasteiger partial charge on any atom is 0.326 e. The Kier molecular flexibility index (Phi) is 9.30. The molecule has 0 saturated carbocycles. The minimum atomic E-state index is -0.972. The van der Waals surface area contributed by atoms with Crippen LogP contribution in [-0.2, 0) is 25.5 Å². The number of carboxylic acid groups (broad SMARTS) is 1. The lowest BCUT2D eigenvalue weighted by molar-refractivity contribution is -0.150. The van der Waals surface area contributed by atoms with Gasteiger partial charge in [0.05, 0.1) is 12.6 Å². The molecule has 1 fully saturated rings. The van der Waals surface area contributed by atoms with Crippen LogP contribution in [0.15, 0.2) is 30.3 Å². The molecule has 0 spiro atoms. The van der Waals surface area contributed by atoms with Crippen LogP contribution in [0, 0.1) is 5.92 Å². The van der Waals surface area contributed by atoms with Crippen molar-refractivity contribution in [1.82, 2.24) is 10.2 Å². The Morgan fingerprint density at radius 3 is 2.53 bits per heavy atom. The van der Waals surface area contributed by atoms with Crippen molar-refractivity contribution in [2.75, 3.05) is 13.2 Å². The van der Waals surface area contributed by atoms with Crippen molar-refractivity contribution in [3.05, 3.63) is 35.9 Å². The van der Waals surface area contributed by atoms with Gasteiger partial charge in [-0.1, -0.05) is 43.7 Å². The van der Waals surface area contributed by atoms with Crippen molar-refractivity contribution in [3.8, 4) is 0 Å². The standard InChI is InChI=1S/C23H34N2O5/c1-4-9-18-14-20(22(27)28)25(15-18)21(26)16(3)24-19(23(29)30-5-2)13-12-17-10-7-6-8-11-17/h6-8,10-11,16,18-20,24H,4-5,9,12-15H2,1-3H3,(H,27,28)/t16-,18-,19-,20-/m0/s1. The van der Waals surface area contributed by atoms with Gasteiger partial charge in [0.25, 0.3) is 0 Å². The number of carboxylic acids is 1. The Hall–Kier alpha value is -2.41. The zero-order chi connectivity index (χ0) is 22.1. The minimum absolute atomic E-state index is 0.200. The number of carbonyl (C=O) groups excluding carboxylic acids is 2. The predicted octanol–water partition coefficient (Wildman–Crippen LogP) is 2.63. The SMILES string of the molecule is CCC[C@H]1C[C@@H](C(=O)O)N(C(=O)[C@H](C)N[C@@H](CCc2ccccc2)C(=O)OCC)C1. The normalized spacial score (nSPS) is 20.6. The van der Waals surface area contributed by atoms with Gasteiger partial charge in [-0.15, -0.1) is 0 Å². The number of ether oxygens (including phenoxy) is 1. The molecule has 7 heteroatoms. The first kappa shape index (κ1) is 23.9. The molecule has 1 aromatic rings. The maximum absolute atomic E-state index is 13.0. The Morgan fingerprint density at radius 2 is 1.93 bits per heavy atom. The Balaban J connectivity index is 2.05. The number of nitrogens with zero attached hydrogens (tertiary/aromatic N) is 1. The molecule has 0 aliphatic carbocycles. The van der Waals surface area contributed by atoms with E-state index >= 15 is 0 Å². The summed E-state index contributed by atoms with van der Waals surface area (Å²) in [6, 6.07) is 7.69. The summed E-state index contributed by atoms with van der Waals surface area (Å²) in [7, 11) is 0. The summed E-state index contributed by atoms with van der Waals surface area (Å²) in [6.45, 7) is 6.20. The van der Waals surface area contributed by atoms with Gasteiger partial charge in [-0.25, -0.2) is 4.79 Å². The summed E-state index contributed by atoms with van der Waals surface area (Å²) < 4.78 is 5.19. The van der Waals surface area contributed by atoms with Gasteiger partial charge in [0.1, 0.15) is 12.1 Å². The molecule has 7 nitrogen and oxygen atoms in total. The van der Waals surface area contributed by atoms with Crippen molar-refractivity contribution in [2.24, 2.45) is 5.92 Å². The summed E-state index contributed by atoms with van der Waals surface area (Å²) >= 11 is 0. The van der Waals surface area contributed by atoms with Gasteiger partial charge in [0.2, 0.25) is 5.91 Å². The quantitative estimate of drug-likeness (QED) is 0.537. The molecule has 2 N–H and O–H groups in total. The van der Waals surface area contributed by atoms with Crippen LogP contribution in [0.25, 0.3) is 0 Å². The number of rotatable bonds is 11. The molecule has 1 saturated heterocycles. The highest BCUT2D eigenvalue weighted by molar-refractivity contribution is 5.88. The molecule has 4 atom stereocenters. The average molecular weight is 419 g/mol. The molecule has 1 aliphatic rings. The topological polar surface area (TPSA) is 95.9 Å². The molecule has 30 heavy (non-hydrogen) atoms. The van der Waals surface area contributed by atoms with Gasteiger partial charge in [-0.05, 0) is 51.0 Å². The smallest absolute Gasteiger partial charge is 0.326 e. The number of likely N-dealkylation sites (tertiary alicyclic amines) is 1. The molecule has 1 aromatic carbocycles. The Labute approximate surface area is 178 Å². The highest BCUT2D eigenvalue weighted by Crippen LogP contribution is 2.27. The van der Waals surface area contributed by atoms with E-state index in [1.54, 1.807) is 13.8 Å². The zero-order valence-corrected chi connectivity index (χ0v) is 18.2. The third-order valence-electron chi connectivity index (χ3n) is 5.61.